The van der Waals surface area contributed by atoms with Crippen molar-refractivity contribution in [3.8, 4) is 11.5 Å². The smallest absolute Gasteiger partial charge is 0.251 e. The fourth-order valence-corrected chi connectivity index (χ4v) is 4.78. The molecule has 0 bridgehead atoms. The molecular formula is C22H28N2O5S. The molecule has 8 heteroatoms. The fraction of sp³-hybridized carbons (Fsp3) is 0.409. The SMILES string of the molecule is CCOc1ccc(C(=O)NCCOc2ccc(S(=O)(=O)N3CCCCC3)cc2)cc1. The van der Waals surface area contributed by atoms with Crippen LogP contribution in [-0.4, -0.2) is 51.5 Å². The second-order valence-corrected chi connectivity index (χ2v) is 8.94. The van der Waals surface area contributed by atoms with Gasteiger partial charge < -0.3 is 14.8 Å². The molecule has 0 radical (unpaired) electrons. The van der Waals surface area contributed by atoms with Gasteiger partial charge >= 0.3 is 0 Å². The normalized spacial score (nSPS) is 14.8. The molecule has 1 aliphatic rings. The molecule has 1 saturated heterocycles. The summed E-state index contributed by atoms with van der Waals surface area (Å²) in [5.41, 5.74) is 0.547. The molecule has 1 fully saturated rings. The zero-order chi connectivity index (χ0) is 21.4. The third-order valence-electron chi connectivity index (χ3n) is 4.86. The second kappa shape index (κ2) is 10.4. The van der Waals surface area contributed by atoms with Crippen LogP contribution in [0.1, 0.15) is 36.5 Å². The van der Waals surface area contributed by atoms with Crippen LogP contribution in [0.4, 0.5) is 0 Å². The Bertz CT molecular complexity index is 921. The molecule has 3 rings (SSSR count). The van der Waals surface area contributed by atoms with E-state index in [1.54, 1.807) is 52.8 Å². The number of benzene rings is 2. The number of hydrogen-bond donors (Lipinski definition) is 1. The monoisotopic (exact) mass is 432 g/mol. The molecular weight excluding hydrogens is 404 g/mol. The summed E-state index contributed by atoms with van der Waals surface area (Å²) in [4.78, 5) is 12.4. The fourth-order valence-electron chi connectivity index (χ4n) is 3.27. The third kappa shape index (κ3) is 5.73. The molecule has 7 nitrogen and oxygen atoms in total. The van der Waals surface area contributed by atoms with Crippen molar-refractivity contribution in [2.45, 2.75) is 31.1 Å². The van der Waals surface area contributed by atoms with Gasteiger partial charge in [0.2, 0.25) is 10.0 Å². The molecule has 0 saturated carbocycles. The lowest BCUT2D eigenvalue weighted by molar-refractivity contribution is 0.0947. The van der Waals surface area contributed by atoms with Gasteiger partial charge in [-0.2, -0.15) is 4.31 Å². The van der Waals surface area contributed by atoms with E-state index >= 15 is 0 Å². The summed E-state index contributed by atoms with van der Waals surface area (Å²) in [6, 6.07) is 13.4. The highest BCUT2D eigenvalue weighted by Crippen LogP contribution is 2.22. The molecule has 0 unspecified atom stereocenters. The van der Waals surface area contributed by atoms with Crippen LogP contribution < -0.4 is 14.8 Å². The quantitative estimate of drug-likeness (QED) is 0.616. The molecule has 1 aliphatic heterocycles. The number of nitrogens with one attached hydrogen (secondary N) is 1. The van der Waals surface area contributed by atoms with Gasteiger partial charge in [-0.3, -0.25) is 4.79 Å². The Morgan fingerprint density at radius 1 is 0.933 bits per heavy atom. The first-order chi connectivity index (χ1) is 14.5. The zero-order valence-electron chi connectivity index (χ0n) is 17.2. The topological polar surface area (TPSA) is 84.9 Å². The molecule has 0 aromatic heterocycles. The molecule has 0 spiro atoms. The first-order valence-corrected chi connectivity index (χ1v) is 11.7. The van der Waals surface area contributed by atoms with Crippen LogP contribution in [0.2, 0.25) is 0 Å². The highest BCUT2D eigenvalue weighted by molar-refractivity contribution is 7.89. The largest absolute Gasteiger partial charge is 0.494 e. The summed E-state index contributed by atoms with van der Waals surface area (Å²) < 4.78 is 37.8. The van der Waals surface area contributed by atoms with Gasteiger partial charge in [-0.05, 0) is 68.3 Å². The Balaban J connectivity index is 1.45. The van der Waals surface area contributed by atoms with Gasteiger partial charge in [-0.15, -0.1) is 0 Å². The molecule has 2 aromatic carbocycles. The number of carbonyl (C=O) groups is 1. The molecule has 1 amide bonds. The summed E-state index contributed by atoms with van der Waals surface area (Å²) >= 11 is 0. The maximum Gasteiger partial charge on any atom is 0.251 e. The summed E-state index contributed by atoms with van der Waals surface area (Å²) in [7, 11) is -3.44. The molecule has 2 aromatic rings. The van der Waals surface area contributed by atoms with E-state index in [2.05, 4.69) is 5.32 Å². The van der Waals surface area contributed by atoms with Crippen molar-refractivity contribution in [3.63, 3.8) is 0 Å². The Labute approximate surface area is 178 Å². The van der Waals surface area contributed by atoms with Crippen molar-refractivity contribution < 1.29 is 22.7 Å². The van der Waals surface area contributed by atoms with Gasteiger partial charge in [0.25, 0.3) is 5.91 Å². The van der Waals surface area contributed by atoms with Crippen molar-refractivity contribution >= 4 is 15.9 Å². The highest BCUT2D eigenvalue weighted by atomic mass is 32.2. The number of sulfonamides is 1. The van der Waals surface area contributed by atoms with E-state index in [1.807, 2.05) is 6.92 Å². The van der Waals surface area contributed by atoms with Crippen LogP contribution in [0, 0.1) is 0 Å². The standard InChI is InChI=1S/C22H28N2O5S/c1-2-28-19-8-6-18(7-9-19)22(25)23-14-17-29-20-10-12-21(13-11-20)30(26,27)24-15-4-3-5-16-24/h6-13H,2-5,14-17H2,1H3,(H,23,25). The number of hydrogen-bond acceptors (Lipinski definition) is 5. The van der Waals surface area contributed by atoms with Gasteiger partial charge in [0.05, 0.1) is 18.0 Å². The van der Waals surface area contributed by atoms with E-state index in [9.17, 15) is 13.2 Å². The van der Waals surface area contributed by atoms with Crippen LogP contribution >= 0.6 is 0 Å². The minimum atomic E-state index is -3.44. The molecule has 1 N–H and O–H groups in total. The minimum Gasteiger partial charge on any atom is -0.494 e. The molecule has 30 heavy (non-hydrogen) atoms. The maximum atomic E-state index is 12.7. The van der Waals surface area contributed by atoms with E-state index in [0.717, 1.165) is 25.0 Å². The van der Waals surface area contributed by atoms with Crippen molar-refractivity contribution in [2.24, 2.45) is 0 Å². The molecule has 0 aliphatic carbocycles. The molecule has 0 atom stereocenters. The summed E-state index contributed by atoms with van der Waals surface area (Å²) in [5, 5.41) is 2.79. The number of amides is 1. The van der Waals surface area contributed by atoms with Gasteiger partial charge in [-0.1, -0.05) is 6.42 Å². The van der Waals surface area contributed by atoms with Crippen molar-refractivity contribution in [3.05, 3.63) is 54.1 Å². The number of nitrogens with zero attached hydrogens (tertiary/aromatic N) is 1. The first kappa shape index (κ1) is 22.1. The predicted octanol–water partition coefficient (Wildman–Crippen LogP) is 3.07. The molecule has 162 valence electrons. The van der Waals surface area contributed by atoms with E-state index in [0.29, 0.717) is 37.6 Å². The Kier molecular flexibility index (Phi) is 7.70. The van der Waals surface area contributed by atoms with Crippen molar-refractivity contribution in [1.82, 2.24) is 9.62 Å². The van der Waals surface area contributed by atoms with Crippen LogP contribution in [0.15, 0.2) is 53.4 Å². The lowest BCUT2D eigenvalue weighted by Gasteiger charge is -2.25. The average Bonchev–Trinajstić information content (AvgIpc) is 2.78. The van der Waals surface area contributed by atoms with Gasteiger partial charge in [0, 0.05) is 18.7 Å². The third-order valence-corrected chi connectivity index (χ3v) is 6.77. The number of carbonyl (C=O) groups excluding carboxylic acids is 1. The van der Waals surface area contributed by atoms with Crippen molar-refractivity contribution in [1.29, 1.82) is 0 Å². The summed E-state index contributed by atoms with van der Waals surface area (Å²) in [5.74, 6) is 1.09. The number of piperidine rings is 1. The minimum absolute atomic E-state index is 0.190. The summed E-state index contributed by atoms with van der Waals surface area (Å²) in [6.45, 7) is 4.25. The van der Waals surface area contributed by atoms with Crippen LogP contribution in [0.25, 0.3) is 0 Å². The first-order valence-electron chi connectivity index (χ1n) is 10.2. The lowest BCUT2D eigenvalue weighted by atomic mass is 10.2. The predicted molar refractivity (Wildman–Crippen MR) is 114 cm³/mol. The van der Waals surface area contributed by atoms with Crippen LogP contribution in [-0.2, 0) is 10.0 Å². The van der Waals surface area contributed by atoms with Crippen LogP contribution in [0.5, 0.6) is 11.5 Å². The van der Waals surface area contributed by atoms with E-state index in [4.69, 9.17) is 9.47 Å². The van der Waals surface area contributed by atoms with Gasteiger partial charge in [0.1, 0.15) is 18.1 Å². The average molecular weight is 433 g/mol. The van der Waals surface area contributed by atoms with E-state index in [1.165, 1.54) is 0 Å². The van der Waals surface area contributed by atoms with Crippen molar-refractivity contribution in [2.75, 3.05) is 32.8 Å². The van der Waals surface area contributed by atoms with Gasteiger partial charge in [0.15, 0.2) is 0 Å². The molecule has 1 heterocycles. The Hall–Kier alpha value is -2.58. The Morgan fingerprint density at radius 2 is 1.53 bits per heavy atom. The lowest BCUT2D eigenvalue weighted by Crippen LogP contribution is -2.35. The maximum absolute atomic E-state index is 12.7. The highest BCUT2D eigenvalue weighted by Gasteiger charge is 2.25. The zero-order valence-corrected chi connectivity index (χ0v) is 18.0. The van der Waals surface area contributed by atoms with Gasteiger partial charge in [-0.25, -0.2) is 8.42 Å². The van der Waals surface area contributed by atoms with E-state index in [-0.39, 0.29) is 17.4 Å². The summed E-state index contributed by atoms with van der Waals surface area (Å²) in [6.07, 6.45) is 2.89. The number of ether oxygens (including phenoxy) is 2. The van der Waals surface area contributed by atoms with Crippen LogP contribution in [0.3, 0.4) is 0 Å². The Morgan fingerprint density at radius 3 is 2.17 bits per heavy atom. The van der Waals surface area contributed by atoms with E-state index < -0.39 is 10.0 Å². The number of rotatable bonds is 9. The second-order valence-electron chi connectivity index (χ2n) is 7.00.